The Balaban J connectivity index is 2.00. The predicted octanol–water partition coefficient (Wildman–Crippen LogP) is 3.14. The molecule has 2 aromatic heterocycles. The zero-order chi connectivity index (χ0) is 13.9. The van der Waals surface area contributed by atoms with Gasteiger partial charge in [-0.25, -0.2) is 9.50 Å². The fourth-order valence-electron chi connectivity index (χ4n) is 1.86. The molecule has 20 heavy (non-hydrogen) atoms. The van der Waals surface area contributed by atoms with Crippen molar-refractivity contribution in [2.75, 3.05) is 13.9 Å². The minimum Gasteiger partial charge on any atom is -0.466 e. The normalized spacial score (nSPS) is 10.9. The van der Waals surface area contributed by atoms with E-state index in [2.05, 4.69) is 26.0 Å². The van der Waals surface area contributed by atoms with E-state index >= 15 is 0 Å². The Bertz CT molecular complexity index is 742. The third-order valence-corrected chi connectivity index (χ3v) is 3.47. The lowest BCUT2D eigenvalue weighted by Crippen LogP contribution is -2.00. The summed E-state index contributed by atoms with van der Waals surface area (Å²) in [5.74, 6) is 0.719. The first-order chi connectivity index (χ1) is 9.78. The van der Waals surface area contributed by atoms with Gasteiger partial charge in [0.15, 0.2) is 12.4 Å². The molecule has 6 heteroatoms. The standard InChI is InChI=1S/C14H12BrN3O2/c1-19-9-20-13-8-10(2-3-11(13)15)12-4-5-14-16-6-7-18(14)17-12/h2-8H,9H2,1H3. The maximum atomic E-state index is 5.50. The van der Waals surface area contributed by atoms with E-state index in [1.165, 1.54) is 0 Å². The molecule has 0 radical (unpaired) electrons. The molecule has 3 aromatic rings. The Morgan fingerprint density at radius 3 is 3.00 bits per heavy atom. The van der Waals surface area contributed by atoms with Gasteiger partial charge >= 0.3 is 0 Å². The molecule has 5 nitrogen and oxygen atoms in total. The number of hydrogen-bond donors (Lipinski definition) is 0. The van der Waals surface area contributed by atoms with E-state index in [4.69, 9.17) is 9.47 Å². The van der Waals surface area contributed by atoms with E-state index in [-0.39, 0.29) is 6.79 Å². The number of hydrogen-bond acceptors (Lipinski definition) is 4. The Labute approximate surface area is 124 Å². The molecule has 0 N–H and O–H groups in total. The third kappa shape index (κ3) is 2.52. The van der Waals surface area contributed by atoms with Gasteiger partial charge in [0.2, 0.25) is 0 Å². The quantitative estimate of drug-likeness (QED) is 0.688. The number of benzene rings is 1. The monoisotopic (exact) mass is 333 g/mol. The van der Waals surface area contributed by atoms with Crippen molar-refractivity contribution in [1.29, 1.82) is 0 Å². The average molecular weight is 334 g/mol. The first kappa shape index (κ1) is 13.1. The first-order valence-electron chi connectivity index (χ1n) is 6.00. The largest absolute Gasteiger partial charge is 0.466 e. The van der Waals surface area contributed by atoms with Gasteiger partial charge in [-0.2, -0.15) is 5.10 Å². The molecule has 0 bridgehead atoms. The van der Waals surface area contributed by atoms with Gasteiger partial charge in [-0.05, 0) is 40.2 Å². The lowest BCUT2D eigenvalue weighted by molar-refractivity contribution is 0.0506. The molecule has 0 fully saturated rings. The summed E-state index contributed by atoms with van der Waals surface area (Å²) in [6.45, 7) is 0.204. The summed E-state index contributed by atoms with van der Waals surface area (Å²) in [6, 6.07) is 9.70. The Morgan fingerprint density at radius 2 is 2.15 bits per heavy atom. The van der Waals surface area contributed by atoms with Crippen LogP contribution < -0.4 is 4.74 Å². The van der Waals surface area contributed by atoms with Crippen molar-refractivity contribution in [2.24, 2.45) is 0 Å². The van der Waals surface area contributed by atoms with Gasteiger partial charge in [0, 0.05) is 25.1 Å². The number of aromatic nitrogens is 3. The van der Waals surface area contributed by atoms with Crippen molar-refractivity contribution in [2.45, 2.75) is 0 Å². The van der Waals surface area contributed by atoms with Crippen LogP contribution in [-0.2, 0) is 4.74 Å². The SMILES string of the molecule is COCOc1cc(-c2ccc3nccn3n2)ccc1Br. The Kier molecular flexibility index (Phi) is 3.66. The summed E-state index contributed by atoms with van der Waals surface area (Å²) in [6.07, 6.45) is 3.54. The van der Waals surface area contributed by atoms with Gasteiger partial charge < -0.3 is 9.47 Å². The Morgan fingerprint density at radius 1 is 1.25 bits per heavy atom. The number of fused-ring (bicyclic) bond motifs is 1. The minimum atomic E-state index is 0.204. The third-order valence-electron chi connectivity index (χ3n) is 2.81. The van der Waals surface area contributed by atoms with Crippen LogP contribution >= 0.6 is 15.9 Å². The van der Waals surface area contributed by atoms with Crippen molar-refractivity contribution in [3.8, 4) is 17.0 Å². The highest BCUT2D eigenvalue weighted by molar-refractivity contribution is 9.10. The second kappa shape index (κ2) is 5.60. The fraction of sp³-hybridized carbons (Fsp3) is 0.143. The number of ether oxygens (including phenoxy) is 2. The maximum Gasteiger partial charge on any atom is 0.188 e. The summed E-state index contributed by atoms with van der Waals surface area (Å²) >= 11 is 3.45. The highest BCUT2D eigenvalue weighted by Gasteiger charge is 2.07. The number of imidazole rings is 1. The predicted molar refractivity (Wildman–Crippen MR) is 78.6 cm³/mol. The highest BCUT2D eigenvalue weighted by atomic mass is 79.9. The molecule has 0 amide bonds. The second-order valence-corrected chi connectivity index (χ2v) is 5.00. The summed E-state index contributed by atoms with van der Waals surface area (Å²) in [5.41, 5.74) is 2.64. The number of methoxy groups -OCH3 is 1. The van der Waals surface area contributed by atoms with Crippen LogP contribution in [0.2, 0.25) is 0 Å². The van der Waals surface area contributed by atoms with Crippen LogP contribution in [0.15, 0.2) is 47.2 Å². The van der Waals surface area contributed by atoms with E-state index in [0.717, 1.165) is 27.1 Å². The molecule has 0 atom stereocenters. The van der Waals surface area contributed by atoms with E-state index in [0.29, 0.717) is 0 Å². The molecule has 3 rings (SSSR count). The molecule has 0 aliphatic rings. The van der Waals surface area contributed by atoms with Gasteiger partial charge in [-0.1, -0.05) is 6.07 Å². The zero-order valence-electron chi connectivity index (χ0n) is 10.8. The van der Waals surface area contributed by atoms with Gasteiger partial charge in [0.1, 0.15) is 5.75 Å². The molecule has 0 saturated heterocycles. The summed E-state index contributed by atoms with van der Waals surface area (Å²) < 4.78 is 13.0. The first-order valence-corrected chi connectivity index (χ1v) is 6.79. The molecule has 1 aromatic carbocycles. The highest BCUT2D eigenvalue weighted by Crippen LogP contribution is 2.30. The van der Waals surface area contributed by atoms with Crippen LogP contribution in [0, 0.1) is 0 Å². The van der Waals surface area contributed by atoms with Crippen LogP contribution in [0.1, 0.15) is 0 Å². The fourth-order valence-corrected chi connectivity index (χ4v) is 2.23. The minimum absolute atomic E-state index is 0.204. The van der Waals surface area contributed by atoms with Crippen LogP contribution in [-0.4, -0.2) is 28.5 Å². The van der Waals surface area contributed by atoms with Crippen LogP contribution in [0.25, 0.3) is 16.9 Å². The van der Waals surface area contributed by atoms with Crippen molar-refractivity contribution < 1.29 is 9.47 Å². The van der Waals surface area contributed by atoms with Crippen molar-refractivity contribution in [3.05, 3.63) is 47.2 Å². The lowest BCUT2D eigenvalue weighted by atomic mass is 10.1. The summed E-state index contributed by atoms with van der Waals surface area (Å²) in [7, 11) is 1.59. The zero-order valence-corrected chi connectivity index (χ0v) is 12.4. The van der Waals surface area contributed by atoms with Gasteiger partial charge in [0.25, 0.3) is 0 Å². The molecule has 0 unspecified atom stereocenters. The van der Waals surface area contributed by atoms with Crippen molar-refractivity contribution in [1.82, 2.24) is 14.6 Å². The van der Waals surface area contributed by atoms with Crippen molar-refractivity contribution in [3.63, 3.8) is 0 Å². The molecule has 0 spiro atoms. The molecule has 0 aliphatic carbocycles. The Hall–Kier alpha value is -1.92. The van der Waals surface area contributed by atoms with Gasteiger partial charge in [-0.3, -0.25) is 0 Å². The van der Waals surface area contributed by atoms with Gasteiger partial charge in [0.05, 0.1) is 10.2 Å². The van der Waals surface area contributed by atoms with E-state index in [1.54, 1.807) is 17.8 Å². The molecular formula is C14H12BrN3O2. The molecule has 102 valence electrons. The van der Waals surface area contributed by atoms with E-state index < -0.39 is 0 Å². The summed E-state index contributed by atoms with van der Waals surface area (Å²) in [4.78, 5) is 4.18. The number of halogens is 1. The van der Waals surface area contributed by atoms with Crippen LogP contribution in [0.5, 0.6) is 5.75 Å². The second-order valence-electron chi connectivity index (χ2n) is 4.14. The number of rotatable bonds is 4. The van der Waals surface area contributed by atoms with E-state index in [1.807, 2.05) is 36.5 Å². The topological polar surface area (TPSA) is 48.7 Å². The smallest absolute Gasteiger partial charge is 0.188 e. The van der Waals surface area contributed by atoms with E-state index in [9.17, 15) is 0 Å². The van der Waals surface area contributed by atoms with Crippen LogP contribution in [0.3, 0.4) is 0 Å². The number of nitrogens with zero attached hydrogens (tertiary/aromatic N) is 3. The average Bonchev–Trinajstić information content (AvgIpc) is 2.94. The van der Waals surface area contributed by atoms with Gasteiger partial charge in [-0.15, -0.1) is 0 Å². The van der Waals surface area contributed by atoms with Crippen molar-refractivity contribution >= 4 is 21.6 Å². The molecule has 0 saturated carbocycles. The molecule has 0 aliphatic heterocycles. The molecular weight excluding hydrogens is 322 g/mol. The maximum absolute atomic E-state index is 5.50. The lowest BCUT2D eigenvalue weighted by Gasteiger charge is -2.09. The summed E-state index contributed by atoms with van der Waals surface area (Å²) in [5, 5.41) is 4.51. The van der Waals surface area contributed by atoms with Crippen LogP contribution in [0.4, 0.5) is 0 Å². The molecule has 2 heterocycles.